The van der Waals surface area contributed by atoms with E-state index in [1.807, 2.05) is 62.4 Å². The molecular weight excluding hydrogens is 488 g/mol. The molecule has 6 heteroatoms. The van der Waals surface area contributed by atoms with Gasteiger partial charge in [-0.25, -0.2) is 0 Å². The molecule has 0 radical (unpaired) electrons. The molecule has 0 aromatic heterocycles. The van der Waals surface area contributed by atoms with E-state index in [-0.39, 0.29) is 23.9 Å². The highest BCUT2D eigenvalue weighted by Crippen LogP contribution is 2.46. The average molecular weight is 529 g/mol. The summed E-state index contributed by atoms with van der Waals surface area (Å²) in [4.78, 5) is 15.4. The van der Waals surface area contributed by atoms with Crippen molar-refractivity contribution in [2.45, 2.75) is 50.4 Å². The van der Waals surface area contributed by atoms with Crippen molar-refractivity contribution in [2.24, 2.45) is 11.8 Å². The zero-order chi connectivity index (χ0) is 27.6. The van der Waals surface area contributed by atoms with Crippen LogP contribution in [0, 0.1) is 11.8 Å². The Morgan fingerprint density at radius 3 is 2.23 bits per heavy atom. The average Bonchev–Trinajstić information content (AvgIpc) is 2.97. The molecule has 3 fully saturated rings. The molecule has 0 spiro atoms. The minimum Gasteiger partial charge on any atom is -0.496 e. The SMILES string of the molecule is COc1ccc(C(C)(C)OC)cc1CNC1CN2CCC1C(C(=O)O)C2C(c1ccccc1)c1ccccc1. The van der Waals surface area contributed by atoms with Crippen LogP contribution in [0.5, 0.6) is 5.75 Å². The molecule has 2 bridgehead atoms. The first-order valence-electron chi connectivity index (χ1n) is 13.9. The molecule has 5 unspecified atom stereocenters. The third-order valence-corrected chi connectivity index (χ3v) is 8.93. The first-order valence-corrected chi connectivity index (χ1v) is 13.9. The van der Waals surface area contributed by atoms with Crippen LogP contribution in [-0.4, -0.2) is 55.4 Å². The summed E-state index contributed by atoms with van der Waals surface area (Å²) in [6.45, 7) is 6.43. The van der Waals surface area contributed by atoms with Gasteiger partial charge in [0.1, 0.15) is 5.75 Å². The number of rotatable bonds is 10. The van der Waals surface area contributed by atoms with Crippen LogP contribution < -0.4 is 10.1 Å². The Kier molecular flexibility index (Phi) is 8.08. The monoisotopic (exact) mass is 528 g/mol. The van der Waals surface area contributed by atoms with E-state index in [1.165, 1.54) is 11.1 Å². The van der Waals surface area contributed by atoms with Gasteiger partial charge in [-0.2, -0.15) is 0 Å². The summed E-state index contributed by atoms with van der Waals surface area (Å²) in [6.07, 6.45) is 0.870. The maximum absolute atomic E-state index is 12.9. The fraction of sp³-hybridized carbons (Fsp3) is 0.424. The van der Waals surface area contributed by atoms with Crippen LogP contribution >= 0.6 is 0 Å². The lowest BCUT2D eigenvalue weighted by Gasteiger charge is -2.55. The summed E-state index contributed by atoms with van der Waals surface area (Å²) in [5.41, 5.74) is 4.04. The molecule has 3 saturated heterocycles. The maximum Gasteiger partial charge on any atom is 0.308 e. The van der Waals surface area contributed by atoms with E-state index in [4.69, 9.17) is 9.47 Å². The van der Waals surface area contributed by atoms with Gasteiger partial charge >= 0.3 is 5.97 Å². The summed E-state index contributed by atoms with van der Waals surface area (Å²) >= 11 is 0. The second kappa shape index (κ2) is 11.5. The van der Waals surface area contributed by atoms with Gasteiger partial charge in [0.15, 0.2) is 0 Å². The Hall–Kier alpha value is -3.19. The van der Waals surface area contributed by atoms with Gasteiger partial charge < -0.3 is 19.9 Å². The lowest BCUT2D eigenvalue weighted by Crippen LogP contribution is -2.67. The maximum atomic E-state index is 12.9. The third kappa shape index (κ3) is 5.46. The Bertz CT molecular complexity index is 1220. The van der Waals surface area contributed by atoms with Crippen molar-refractivity contribution in [3.8, 4) is 5.75 Å². The topological polar surface area (TPSA) is 71.0 Å². The highest BCUT2D eigenvalue weighted by Gasteiger charge is 2.53. The van der Waals surface area contributed by atoms with Crippen molar-refractivity contribution in [1.29, 1.82) is 0 Å². The van der Waals surface area contributed by atoms with E-state index in [0.717, 1.165) is 36.4 Å². The van der Waals surface area contributed by atoms with Gasteiger partial charge in [-0.05, 0) is 61.6 Å². The van der Waals surface area contributed by atoms with Crippen LogP contribution in [0.2, 0.25) is 0 Å². The Labute approximate surface area is 232 Å². The number of nitrogens with zero attached hydrogens (tertiary/aromatic N) is 1. The number of hydrogen-bond acceptors (Lipinski definition) is 5. The quantitative estimate of drug-likeness (QED) is 0.374. The molecule has 2 N–H and O–H groups in total. The van der Waals surface area contributed by atoms with Gasteiger partial charge in [0.25, 0.3) is 0 Å². The molecule has 3 heterocycles. The number of hydrogen-bond donors (Lipinski definition) is 2. The molecule has 0 saturated carbocycles. The van der Waals surface area contributed by atoms with E-state index in [1.54, 1.807) is 14.2 Å². The van der Waals surface area contributed by atoms with Crippen molar-refractivity contribution >= 4 is 5.97 Å². The highest BCUT2D eigenvalue weighted by atomic mass is 16.5. The Balaban J connectivity index is 1.43. The van der Waals surface area contributed by atoms with E-state index in [0.29, 0.717) is 6.54 Å². The smallest absolute Gasteiger partial charge is 0.308 e. The molecule has 3 aliphatic heterocycles. The lowest BCUT2D eigenvalue weighted by molar-refractivity contribution is -0.155. The van der Waals surface area contributed by atoms with Gasteiger partial charge in [0, 0.05) is 43.8 Å². The molecular formula is C33H40N2O4. The van der Waals surface area contributed by atoms with Crippen molar-refractivity contribution in [3.05, 3.63) is 101 Å². The van der Waals surface area contributed by atoms with E-state index < -0.39 is 17.5 Å². The van der Waals surface area contributed by atoms with Crippen molar-refractivity contribution in [3.63, 3.8) is 0 Å². The highest BCUT2D eigenvalue weighted by molar-refractivity contribution is 5.72. The van der Waals surface area contributed by atoms with Gasteiger partial charge in [-0.3, -0.25) is 9.69 Å². The number of carboxylic acids is 1. The van der Waals surface area contributed by atoms with Crippen LogP contribution in [0.15, 0.2) is 78.9 Å². The van der Waals surface area contributed by atoms with Gasteiger partial charge in [0.05, 0.1) is 18.6 Å². The number of carboxylic acid groups (broad SMARTS) is 1. The summed E-state index contributed by atoms with van der Waals surface area (Å²) in [5.74, 6) is -0.335. The summed E-state index contributed by atoms with van der Waals surface area (Å²) in [7, 11) is 3.41. The molecule has 6 rings (SSSR count). The number of nitrogens with one attached hydrogen (secondary N) is 1. The normalized spacial score (nSPS) is 24.6. The van der Waals surface area contributed by atoms with Crippen LogP contribution in [0.1, 0.15) is 48.4 Å². The van der Waals surface area contributed by atoms with E-state index >= 15 is 0 Å². The minimum absolute atomic E-state index is 0.00898. The fourth-order valence-corrected chi connectivity index (χ4v) is 6.70. The predicted molar refractivity (Wildman–Crippen MR) is 153 cm³/mol. The van der Waals surface area contributed by atoms with Gasteiger partial charge in [-0.1, -0.05) is 66.7 Å². The lowest BCUT2D eigenvalue weighted by atomic mass is 9.65. The number of methoxy groups -OCH3 is 2. The van der Waals surface area contributed by atoms with Crippen molar-refractivity contribution in [1.82, 2.24) is 10.2 Å². The molecule has 5 atom stereocenters. The second-order valence-corrected chi connectivity index (χ2v) is 11.3. The second-order valence-electron chi connectivity index (χ2n) is 11.3. The molecule has 39 heavy (non-hydrogen) atoms. The summed E-state index contributed by atoms with van der Waals surface area (Å²) < 4.78 is 11.4. The number of carbonyl (C=O) groups is 1. The molecule has 206 valence electrons. The molecule has 3 aromatic carbocycles. The minimum atomic E-state index is -0.709. The zero-order valence-electron chi connectivity index (χ0n) is 23.3. The number of benzene rings is 3. The first kappa shape index (κ1) is 27.4. The van der Waals surface area contributed by atoms with Gasteiger partial charge in [-0.15, -0.1) is 0 Å². The van der Waals surface area contributed by atoms with E-state index in [9.17, 15) is 9.90 Å². The molecule has 6 nitrogen and oxygen atoms in total. The number of ether oxygens (including phenoxy) is 2. The fourth-order valence-electron chi connectivity index (χ4n) is 6.70. The standard InChI is InChI=1S/C33H40N2O4/c1-33(2,39-4)25-15-16-28(38-3)24(19-25)20-34-27-21-35-18-17-26(27)30(32(36)37)31(35)29(22-11-7-5-8-12-22)23-13-9-6-10-14-23/h5-16,19,26-27,29-31,34H,17-18,20-21H2,1-4H3,(H,36,37). The zero-order valence-corrected chi connectivity index (χ0v) is 23.3. The van der Waals surface area contributed by atoms with Crippen molar-refractivity contribution in [2.75, 3.05) is 27.3 Å². The van der Waals surface area contributed by atoms with Crippen LogP contribution in [0.4, 0.5) is 0 Å². The number of piperidine rings is 3. The van der Waals surface area contributed by atoms with Crippen LogP contribution in [-0.2, 0) is 21.7 Å². The van der Waals surface area contributed by atoms with Crippen LogP contribution in [0.3, 0.4) is 0 Å². The first-order chi connectivity index (χ1) is 18.8. The summed E-state index contributed by atoms with van der Waals surface area (Å²) in [6, 6.07) is 26.9. The molecule has 3 aliphatic rings. The Morgan fingerprint density at radius 1 is 1.03 bits per heavy atom. The Morgan fingerprint density at radius 2 is 1.67 bits per heavy atom. The largest absolute Gasteiger partial charge is 0.496 e. The predicted octanol–water partition coefficient (Wildman–Crippen LogP) is 5.27. The molecule has 0 amide bonds. The third-order valence-electron chi connectivity index (χ3n) is 8.93. The summed E-state index contributed by atoms with van der Waals surface area (Å²) in [5, 5.41) is 14.4. The van der Waals surface area contributed by atoms with E-state index in [2.05, 4.69) is 40.5 Å². The number of aliphatic carboxylic acids is 1. The van der Waals surface area contributed by atoms with Crippen LogP contribution in [0.25, 0.3) is 0 Å². The van der Waals surface area contributed by atoms with Gasteiger partial charge in [0.2, 0.25) is 0 Å². The molecule has 0 aliphatic carbocycles. The molecule has 3 aromatic rings. The number of fused-ring (bicyclic) bond motifs is 3. The van der Waals surface area contributed by atoms with Crippen molar-refractivity contribution < 1.29 is 19.4 Å².